The molecule has 0 fully saturated rings. The van der Waals surface area contributed by atoms with E-state index in [1.165, 1.54) is 31.0 Å². The molecule has 25 heavy (non-hydrogen) atoms. The normalized spacial score (nSPS) is 14.8. The van der Waals surface area contributed by atoms with Crippen LogP contribution in [0.5, 0.6) is 11.5 Å². The average Bonchev–Trinajstić information content (AvgIpc) is 2.63. The SMILES string of the molecule is COc1cc(C=C2CSc3ccc(F)cc3C2=O)ccc1OCC#N. The maximum Gasteiger partial charge on any atom is 0.191 e. The predicted molar refractivity (Wildman–Crippen MR) is 93.5 cm³/mol. The second-order valence-electron chi connectivity index (χ2n) is 5.28. The van der Waals surface area contributed by atoms with Crippen LogP contribution in [0.4, 0.5) is 4.39 Å². The van der Waals surface area contributed by atoms with Crippen LogP contribution in [0.15, 0.2) is 46.9 Å². The zero-order valence-electron chi connectivity index (χ0n) is 13.4. The van der Waals surface area contributed by atoms with Crippen molar-refractivity contribution in [3.63, 3.8) is 0 Å². The zero-order chi connectivity index (χ0) is 17.8. The Labute approximate surface area is 148 Å². The van der Waals surface area contributed by atoms with Gasteiger partial charge in [0.05, 0.1) is 7.11 Å². The molecule has 2 aromatic rings. The Hall–Kier alpha value is -2.78. The first-order valence-corrected chi connectivity index (χ1v) is 8.46. The van der Waals surface area contributed by atoms with Crippen LogP contribution < -0.4 is 9.47 Å². The molecule has 126 valence electrons. The number of halogens is 1. The summed E-state index contributed by atoms with van der Waals surface area (Å²) in [6.07, 6.45) is 1.76. The Morgan fingerprint density at radius 3 is 2.88 bits per heavy atom. The van der Waals surface area contributed by atoms with Crippen molar-refractivity contribution < 1.29 is 18.7 Å². The number of methoxy groups -OCH3 is 1. The number of carbonyl (C=O) groups excluding carboxylic acids is 1. The van der Waals surface area contributed by atoms with Gasteiger partial charge in [-0.15, -0.1) is 11.8 Å². The van der Waals surface area contributed by atoms with Gasteiger partial charge in [-0.1, -0.05) is 6.07 Å². The molecule has 1 aliphatic heterocycles. The molecule has 1 heterocycles. The van der Waals surface area contributed by atoms with Gasteiger partial charge in [0.2, 0.25) is 0 Å². The maximum atomic E-state index is 13.4. The topological polar surface area (TPSA) is 59.3 Å². The number of hydrogen-bond donors (Lipinski definition) is 0. The van der Waals surface area contributed by atoms with Crippen molar-refractivity contribution in [1.82, 2.24) is 0 Å². The highest BCUT2D eigenvalue weighted by Gasteiger charge is 2.23. The quantitative estimate of drug-likeness (QED) is 0.773. The molecule has 0 bridgehead atoms. The number of carbonyl (C=O) groups is 1. The summed E-state index contributed by atoms with van der Waals surface area (Å²) < 4.78 is 24.0. The summed E-state index contributed by atoms with van der Waals surface area (Å²) in [7, 11) is 1.51. The van der Waals surface area contributed by atoms with Crippen LogP contribution in [0.2, 0.25) is 0 Å². The molecule has 0 aliphatic carbocycles. The van der Waals surface area contributed by atoms with Crippen molar-refractivity contribution >= 4 is 23.6 Å². The van der Waals surface area contributed by atoms with Crippen LogP contribution in [0.3, 0.4) is 0 Å². The molecular formula is C19H14FNO3S. The van der Waals surface area contributed by atoms with Gasteiger partial charge in [-0.2, -0.15) is 5.26 Å². The summed E-state index contributed by atoms with van der Waals surface area (Å²) in [6, 6.07) is 11.4. The molecule has 6 heteroatoms. The molecule has 0 atom stereocenters. The van der Waals surface area contributed by atoms with Crippen molar-refractivity contribution in [3.8, 4) is 17.6 Å². The molecule has 0 radical (unpaired) electrons. The molecule has 3 rings (SSSR count). The molecule has 0 unspecified atom stereocenters. The second kappa shape index (κ2) is 7.41. The van der Waals surface area contributed by atoms with Gasteiger partial charge in [0.1, 0.15) is 11.9 Å². The lowest BCUT2D eigenvalue weighted by Crippen LogP contribution is -2.12. The van der Waals surface area contributed by atoms with E-state index in [9.17, 15) is 9.18 Å². The van der Waals surface area contributed by atoms with Crippen molar-refractivity contribution in [3.05, 3.63) is 58.9 Å². The van der Waals surface area contributed by atoms with Crippen molar-refractivity contribution in [1.29, 1.82) is 5.26 Å². The average molecular weight is 355 g/mol. The zero-order valence-corrected chi connectivity index (χ0v) is 14.2. The van der Waals surface area contributed by atoms with E-state index in [1.807, 2.05) is 6.07 Å². The number of fused-ring (bicyclic) bond motifs is 1. The molecule has 0 saturated carbocycles. The summed E-state index contributed by atoms with van der Waals surface area (Å²) in [6.45, 7) is -0.0751. The van der Waals surface area contributed by atoms with E-state index < -0.39 is 5.82 Å². The van der Waals surface area contributed by atoms with Gasteiger partial charge in [-0.3, -0.25) is 4.79 Å². The van der Waals surface area contributed by atoms with Gasteiger partial charge < -0.3 is 9.47 Å². The minimum Gasteiger partial charge on any atom is -0.493 e. The lowest BCUT2D eigenvalue weighted by atomic mass is 10.0. The van der Waals surface area contributed by atoms with Gasteiger partial charge in [0.25, 0.3) is 0 Å². The van der Waals surface area contributed by atoms with Crippen LogP contribution in [0.1, 0.15) is 15.9 Å². The Morgan fingerprint density at radius 2 is 2.12 bits per heavy atom. The summed E-state index contributed by atoms with van der Waals surface area (Å²) in [5.74, 6) is 0.869. The highest BCUT2D eigenvalue weighted by Crippen LogP contribution is 2.35. The summed E-state index contributed by atoms with van der Waals surface area (Å²) in [5.41, 5.74) is 1.75. The maximum absolute atomic E-state index is 13.4. The molecule has 0 saturated heterocycles. The number of thioether (sulfide) groups is 1. The van der Waals surface area contributed by atoms with Crippen molar-refractivity contribution in [2.45, 2.75) is 4.90 Å². The number of nitriles is 1. The number of rotatable bonds is 4. The van der Waals surface area contributed by atoms with Gasteiger partial charge in [-0.05, 0) is 42.0 Å². The van der Waals surface area contributed by atoms with Crippen LogP contribution in [0.25, 0.3) is 6.08 Å². The first-order chi connectivity index (χ1) is 12.1. The second-order valence-corrected chi connectivity index (χ2v) is 6.30. The molecular weight excluding hydrogens is 341 g/mol. The molecule has 0 aromatic heterocycles. The molecule has 0 amide bonds. The fourth-order valence-electron chi connectivity index (χ4n) is 2.51. The molecule has 0 N–H and O–H groups in total. The van der Waals surface area contributed by atoms with Crippen LogP contribution >= 0.6 is 11.8 Å². The first-order valence-electron chi connectivity index (χ1n) is 7.48. The Balaban J connectivity index is 1.91. The van der Waals surface area contributed by atoms with Crippen LogP contribution in [0, 0.1) is 17.1 Å². The van der Waals surface area contributed by atoms with Crippen molar-refractivity contribution in [2.75, 3.05) is 19.5 Å². The third kappa shape index (κ3) is 3.67. The van der Waals surface area contributed by atoms with Gasteiger partial charge in [-0.25, -0.2) is 4.39 Å². The molecule has 2 aromatic carbocycles. The van der Waals surface area contributed by atoms with E-state index in [0.717, 1.165) is 10.5 Å². The molecule has 4 nitrogen and oxygen atoms in total. The van der Waals surface area contributed by atoms with Gasteiger partial charge >= 0.3 is 0 Å². The summed E-state index contributed by atoms with van der Waals surface area (Å²) in [5, 5.41) is 8.60. The Kier molecular flexibility index (Phi) is 5.05. The minimum atomic E-state index is -0.422. The van der Waals surface area contributed by atoms with Crippen LogP contribution in [-0.4, -0.2) is 25.3 Å². The summed E-state index contributed by atoms with van der Waals surface area (Å²) >= 11 is 1.50. The lowest BCUT2D eigenvalue weighted by molar-refractivity contribution is 0.103. The predicted octanol–water partition coefficient (Wildman–Crippen LogP) is 4.11. The van der Waals surface area contributed by atoms with Crippen LogP contribution in [-0.2, 0) is 0 Å². The molecule has 0 spiro atoms. The van der Waals surface area contributed by atoms with Gasteiger partial charge in [0.15, 0.2) is 23.9 Å². The number of nitrogens with zero attached hydrogens (tertiary/aromatic N) is 1. The smallest absolute Gasteiger partial charge is 0.191 e. The van der Waals surface area contributed by atoms with Crippen molar-refractivity contribution in [2.24, 2.45) is 0 Å². The van der Waals surface area contributed by atoms with E-state index in [1.54, 1.807) is 30.3 Å². The molecule has 1 aliphatic rings. The minimum absolute atomic E-state index is 0.0751. The highest BCUT2D eigenvalue weighted by atomic mass is 32.2. The number of benzene rings is 2. The van der Waals surface area contributed by atoms with E-state index >= 15 is 0 Å². The number of hydrogen-bond acceptors (Lipinski definition) is 5. The fourth-order valence-corrected chi connectivity index (χ4v) is 3.51. The number of ether oxygens (including phenoxy) is 2. The first kappa shape index (κ1) is 17.1. The fraction of sp³-hybridized carbons (Fsp3) is 0.158. The monoisotopic (exact) mass is 355 g/mol. The van der Waals surface area contributed by atoms with E-state index in [4.69, 9.17) is 14.7 Å². The third-order valence-corrected chi connectivity index (χ3v) is 4.80. The standard InChI is InChI=1S/C19H14FNO3S/c1-23-17-9-12(2-4-16(17)24-7-6-21)8-13-11-25-18-5-3-14(20)10-15(18)19(13)22/h2-5,8-10H,7,11H2,1H3. The van der Waals surface area contributed by atoms with E-state index in [-0.39, 0.29) is 12.4 Å². The Morgan fingerprint density at radius 1 is 1.28 bits per heavy atom. The Bertz CT molecular complexity index is 902. The lowest BCUT2D eigenvalue weighted by Gasteiger charge is -2.17. The number of Topliss-reactive ketones (excluding diaryl/α,β-unsaturated/α-hetero) is 1. The van der Waals surface area contributed by atoms with E-state index in [0.29, 0.717) is 28.4 Å². The largest absolute Gasteiger partial charge is 0.493 e. The van der Waals surface area contributed by atoms with E-state index in [2.05, 4.69) is 0 Å². The highest BCUT2D eigenvalue weighted by molar-refractivity contribution is 7.99. The van der Waals surface area contributed by atoms with Gasteiger partial charge in [0, 0.05) is 21.8 Å². The number of ketones is 1. The summed E-state index contributed by atoms with van der Waals surface area (Å²) in [4.78, 5) is 13.4. The third-order valence-electron chi connectivity index (χ3n) is 3.68.